The van der Waals surface area contributed by atoms with Gasteiger partial charge >= 0.3 is 0 Å². The van der Waals surface area contributed by atoms with Crippen LogP contribution in [-0.4, -0.2) is 42.8 Å². The van der Waals surface area contributed by atoms with Crippen molar-refractivity contribution in [3.8, 4) is 0 Å². The number of piperazine rings is 1. The summed E-state index contributed by atoms with van der Waals surface area (Å²) >= 11 is 7.94. The lowest BCUT2D eigenvalue weighted by Crippen LogP contribution is -2.62. The first-order chi connectivity index (χ1) is 12.7. The monoisotopic (exact) mass is 386 g/mol. The van der Waals surface area contributed by atoms with Gasteiger partial charge in [0, 0.05) is 30.2 Å². The highest BCUT2D eigenvalue weighted by molar-refractivity contribution is 7.14. The van der Waals surface area contributed by atoms with Gasteiger partial charge in [-0.2, -0.15) is 0 Å². The molecule has 0 radical (unpaired) electrons. The molecule has 26 heavy (non-hydrogen) atoms. The highest BCUT2D eigenvalue weighted by Gasteiger charge is 2.49. The summed E-state index contributed by atoms with van der Waals surface area (Å²) in [7, 11) is 0. The van der Waals surface area contributed by atoms with Crippen LogP contribution in [0.2, 0.25) is 5.02 Å². The number of amides is 1. The number of benzene rings is 1. The van der Waals surface area contributed by atoms with E-state index in [1.54, 1.807) is 17.7 Å². The second-order valence-electron chi connectivity index (χ2n) is 6.30. The standard InChI is InChI=1S/C19H19ClN4OS/c1-2-17(25)24-8-7-21-11-16(24)19(13-4-3-5-14(20)10-13)15-6-9-26-18(15)22-12-23-19/h2-6,9-10,12,16,21H,1,7-8,11H2,(H,22,23). The van der Waals surface area contributed by atoms with Gasteiger partial charge in [0.2, 0.25) is 5.91 Å². The van der Waals surface area contributed by atoms with Gasteiger partial charge in [-0.25, -0.2) is 0 Å². The third-order valence-electron chi connectivity index (χ3n) is 4.99. The van der Waals surface area contributed by atoms with Crippen LogP contribution in [0.5, 0.6) is 0 Å². The van der Waals surface area contributed by atoms with E-state index in [2.05, 4.69) is 23.3 Å². The van der Waals surface area contributed by atoms with Gasteiger partial charge < -0.3 is 15.5 Å². The van der Waals surface area contributed by atoms with Crippen LogP contribution in [0.1, 0.15) is 11.1 Å². The van der Waals surface area contributed by atoms with Crippen LogP contribution in [0.25, 0.3) is 0 Å². The number of halogens is 1. The van der Waals surface area contributed by atoms with Gasteiger partial charge in [0.1, 0.15) is 5.54 Å². The molecule has 0 aliphatic carbocycles. The van der Waals surface area contributed by atoms with Gasteiger partial charge in [0.05, 0.1) is 17.4 Å². The Labute approximate surface area is 161 Å². The zero-order valence-corrected chi connectivity index (χ0v) is 15.7. The molecular formula is C19H19ClN4OS. The highest BCUT2D eigenvalue weighted by atomic mass is 35.5. The van der Waals surface area contributed by atoms with Crippen LogP contribution in [0, 0.1) is 0 Å². The number of nitrogens with zero attached hydrogens (tertiary/aromatic N) is 2. The van der Waals surface area contributed by atoms with Crippen LogP contribution < -0.4 is 10.6 Å². The number of aliphatic imine (C=N–C) groups is 1. The summed E-state index contributed by atoms with van der Waals surface area (Å²) in [6, 6.07) is 9.64. The van der Waals surface area contributed by atoms with Gasteiger partial charge in [-0.05, 0) is 35.2 Å². The molecule has 2 aromatic rings. The molecule has 1 aromatic heterocycles. The van der Waals surface area contributed by atoms with Crippen molar-refractivity contribution < 1.29 is 4.79 Å². The second kappa shape index (κ2) is 6.87. The number of thiophene rings is 1. The van der Waals surface area contributed by atoms with Gasteiger partial charge in [0.25, 0.3) is 0 Å². The minimum absolute atomic E-state index is 0.0802. The fraction of sp³-hybridized carbons (Fsp3) is 0.263. The van der Waals surface area contributed by atoms with Crippen molar-refractivity contribution in [3.63, 3.8) is 0 Å². The molecule has 0 spiro atoms. The Morgan fingerprint density at radius 3 is 3.15 bits per heavy atom. The number of fused-ring (bicyclic) bond motifs is 1. The van der Waals surface area contributed by atoms with E-state index in [1.165, 1.54) is 6.08 Å². The van der Waals surface area contributed by atoms with Crippen molar-refractivity contribution in [2.75, 3.05) is 25.0 Å². The molecule has 1 fully saturated rings. The van der Waals surface area contributed by atoms with E-state index in [0.717, 1.165) is 22.7 Å². The number of hydrogen-bond acceptors (Lipinski definition) is 5. The molecule has 2 unspecified atom stereocenters. The van der Waals surface area contributed by atoms with Crippen molar-refractivity contribution in [2.45, 2.75) is 11.6 Å². The zero-order chi connectivity index (χ0) is 18.1. The lowest BCUT2D eigenvalue weighted by Gasteiger charge is -2.47. The predicted molar refractivity (Wildman–Crippen MR) is 107 cm³/mol. The maximum Gasteiger partial charge on any atom is 0.246 e. The first-order valence-electron chi connectivity index (χ1n) is 8.45. The molecule has 3 heterocycles. The van der Waals surface area contributed by atoms with E-state index in [9.17, 15) is 4.79 Å². The molecule has 7 heteroatoms. The molecule has 2 aliphatic heterocycles. The number of anilines is 1. The van der Waals surface area contributed by atoms with Crippen molar-refractivity contribution in [2.24, 2.45) is 4.99 Å². The molecule has 4 rings (SSSR count). The first-order valence-corrected chi connectivity index (χ1v) is 9.70. The summed E-state index contributed by atoms with van der Waals surface area (Å²) < 4.78 is 0. The Balaban J connectivity index is 1.95. The number of carbonyl (C=O) groups excluding carboxylic acids is 1. The Morgan fingerprint density at radius 2 is 2.35 bits per heavy atom. The fourth-order valence-corrected chi connectivity index (χ4v) is 4.86. The molecule has 1 amide bonds. The quantitative estimate of drug-likeness (QED) is 0.797. The van der Waals surface area contributed by atoms with Gasteiger partial charge in [0.15, 0.2) is 0 Å². The number of hydrogen-bond donors (Lipinski definition) is 2. The number of nitrogens with one attached hydrogen (secondary N) is 2. The number of rotatable bonds is 3. The summed E-state index contributed by atoms with van der Waals surface area (Å²) in [5.74, 6) is -0.0802. The molecule has 1 saturated heterocycles. The smallest absolute Gasteiger partial charge is 0.246 e. The van der Waals surface area contributed by atoms with Crippen LogP contribution in [0.4, 0.5) is 5.00 Å². The van der Waals surface area contributed by atoms with Crippen molar-refractivity contribution in [3.05, 3.63) is 64.5 Å². The molecule has 2 N–H and O–H groups in total. The average Bonchev–Trinajstić information content (AvgIpc) is 3.16. The Kier molecular flexibility index (Phi) is 4.56. The van der Waals surface area contributed by atoms with Gasteiger partial charge in [-0.3, -0.25) is 9.79 Å². The molecule has 2 atom stereocenters. The Bertz CT molecular complexity index is 880. The summed E-state index contributed by atoms with van der Waals surface area (Å²) in [6.07, 6.45) is 3.11. The van der Waals surface area contributed by atoms with Gasteiger partial charge in [-0.1, -0.05) is 30.3 Å². The fourth-order valence-electron chi connectivity index (χ4n) is 3.86. The van der Waals surface area contributed by atoms with Crippen LogP contribution in [0.3, 0.4) is 0 Å². The highest BCUT2D eigenvalue weighted by Crippen LogP contribution is 2.47. The molecular weight excluding hydrogens is 368 g/mol. The van der Waals surface area contributed by atoms with E-state index in [4.69, 9.17) is 16.6 Å². The average molecular weight is 387 g/mol. The minimum atomic E-state index is -0.725. The van der Waals surface area contributed by atoms with Crippen molar-refractivity contribution >= 4 is 40.2 Å². The summed E-state index contributed by atoms with van der Waals surface area (Å²) in [5.41, 5.74) is 1.30. The largest absolute Gasteiger partial charge is 0.338 e. The molecule has 2 aliphatic rings. The van der Waals surface area contributed by atoms with E-state index in [0.29, 0.717) is 18.1 Å². The normalized spacial score (nSPS) is 24.7. The molecule has 0 saturated carbocycles. The molecule has 5 nitrogen and oxygen atoms in total. The van der Waals surface area contributed by atoms with E-state index in [1.807, 2.05) is 34.5 Å². The number of carbonyl (C=O) groups is 1. The minimum Gasteiger partial charge on any atom is -0.338 e. The van der Waals surface area contributed by atoms with Crippen LogP contribution >= 0.6 is 22.9 Å². The summed E-state index contributed by atoms with van der Waals surface area (Å²) in [4.78, 5) is 19.4. The topological polar surface area (TPSA) is 56.7 Å². The summed E-state index contributed by atoms with van der Waals surface area (Å²) in [5, 5.41) is 10.4. The Hall–Kier alpha value is -2.15. The third kappa shape index (κ3) is 2.65. The maximum atomic E-state index is 12.6. The van der Waals surface area contributed by atoms with E-state index in [-0.39, 0.29) is 11.9 Å². The SMILES string of the molecule is C=CC(=O)N1CCNCC1C1(c2cccc(Cl)c2)N=CNc2sccc21. The van der Waals surface area contributed by atoms with Crippen molar-refractivity contribution in [1.82, 2.24) is 10.2 Å². The predicted octanol–water partition coefficient (Wildman–Crippen LogP) is 3.09. The Morgan fingerprint density at radius 1 is 1.46 bits per heavy atom. The molecule has 134 valence electrons. The lowest BCUT2D eigenvalue weighted by atomic mass is 9.76. The van der Waals surface area contributed by atoms with E-state index < -0.39 is 5.54 Å². The summed E-state index contributed by atoms with van der Waals surface area (Å²) in [6.45, 7) is 5.68. The third-order valence-corrected chi connectivity index (χ3v) is 6.07. The van der Waals surface area contributed by atoms with Crippen molar-refractivity contribution in [1.29, 1.82) is 0 Å². The van der Waals surface area contributed by atoms with E-state index >= 15 is 0 Å². The zero-order valence-electron chi connectivity index (χ0n) is 14.1. The maximum absolute atomic E-state index is 12.6. The lowest BCUT2D eigenvalue weighted by molar-refractivity contribution is -0.130. The first kappa shape index (κ1) is 17.3. The van der Waals surface area contributed by atoms with Crippen LogP contribution in [-0.2, 0) is 10.3 Å². The molecule has 0 bridgehead atoms. The van der Waals surface area contributed by atoms with Gasteiger partial charge in [-0.15, -0.1) is 11.3 Å². The van der Waals surface area contributed by atoms with Crippen LogP contribution in [0.15, 0.2) is 53.4 Å². The molecule has 1 aromatic carbocycles. The second-order valence-corrected chi connectivity index (χ2v) is 7.65.